The van der Waals surface area contributed by atoms with Crippen LogP contribution in [0, 0.1) is 6.92 Å². The molecule has 5 nitrogen and oxygen atoms in total. The van der Waals surface area contributed by atoms with Crippen molar-refractivity contribution in [3.8, 4) is 0 Å². The maximum absolute atomic E-state index is 11.7. The summed E-state index contributed by atoms with van der Waals surface area (Å²) in [5.74, 6) is 0. The predicted molar refractivity (Wildman–Crippen MR) is 74.9 cm³/mol. The standard InChI is InChI=1S/C14H22N2O3/c1-10-6-7-11(9-15-18-5)8-12(10)16-13(17)19-14(2,3)4/h6-8,15H,9H2,1-5H3,(H,16,17). The molecule has 0 aliphatic rings. The van der Waals surface area contributed by atoms with Crippen LogP contribution in [0.15, 0.2) is 18.2 Å². The number of rotatable bonds is 4. The lowest BCUT2D eigenvalue weighted by molar-refractivity contribution is 0.0636. The summed E-state index contributed by atoms with van der Waals surface area (Å²) in [6.07, 6.45) is -0.451. The van der Waals surface area contributed by atoms with Crippen LogP contribution in [0.1, 0.15) is 31.9 Å². The zero-order chi connectivity index (χ0) is 14.5. The van der Waals surface area contributed by atoms with E-state index in [1.807, 2.05) is 45.9 Å². The molecule has 1 amide bonds. The number of aryl methyl sites for hydroxylation is 1. The second-order valence-electron chi connectivity index (χ2n) is 5.30. The monoisotopic (exact) mass is 266 g/mol. The molecule has 0 saturated carbocycles. The van der Waals surface area contributed by atoms with Crippen LogP contribution < -0.4 is 10.8 Å². The molecule has 0 aliphatic heterocycles. The van der Waals surface area contributed by atoms with E-state index in [1.165, 1.54) is 0 Å². The summed E-state index contributed by atoms with van der Waals surface area (Å²) in [4.78, 5) is 16.5. The van der Waals surface area contributed by atoms with Crippen LogP contribution in [0.5, 0.6) is 0 Å². The third-order valence-corrected chi connectivity index (χ3v) is 2.36. The summed E-state index contributed by atoms with van der Waals surface area (Å²) in [7, 11) is 1.56. The lowest BCUT2D eigenvalue weighted by Gasteiger charge is -2.20. The molecule has 0 radical (unpaired) electrons. The number of hydroxylamine groups is 1. The average molecular weight is 266 g/mol. The van der Waals surface area contributed by atoms with Gasteiger partial charge >= 0.3 is 6.09 Å². The molecule has 5 heteroatoms. The molecule has 0 aliphatic carbocycles. The third-order valence-electron chi connectivity index (χ3n) is 2.36. The van der Waals surface area contributed by atoms with Gasteiger partial charge in [0.2, 0.25) is 0 Å². The van der Waals surface area contributed by atoms with E-state index in [0.717, 1.165) is 16.8 Å². The van der Waals surface area contributed by atoms with Gasteiger partial charge in [-0.15, -0.1) is 0 Å². The first-order chi connectivity index (χ1) is 8.81. The normalized spacial score (nSPS) is 11.2. The number of carbonyl (C=O) groups excluding carboxylic acids is 1. The molecule has 2 N–H and O–H groups in total. The molecular weight excluding hydrogens is 244 g/mol. The average Bonchev–Trinajstić information content (AvgIpc) is 2.27. The number of anilines is 1. The SMILES string of the molecule is CONCc1ccc(C)c(NC(=O)OC(C)(C)C)c1. The van der Waals surface area contributed by atoms with E-state index in [4.69, 9.17) is 9.57 Å². The molecule has 1 aromatic rings. The van der Waals surface area contributed by atoms with E-state index in [9.17, 15) is 4.79 Å². The van der Waals surface area contributed by atoms with E-state index in [2.05, 4.69) is 10.8 Å². The quantitative estimate of drug-likeness (QED) is 0.822. The van der Waals surface area contributed by atoms with Gasteiger partial charge in [-0.1, -0.05) is 12.1 Å². The first kappa shape index (κ1) is 15.5. The number of benzene rings is 1. The van der Waals surface area contributed by atoms with Crippen LogP contribution in [0.2, 0.25) is 0 Å². The summed E-state index contributed by atoms with van der Waals surface area (Å²) in [5.41, 5.74) is 4.98. The fourth-order valence-electron chi connectivity index (χ4n) is 1.48. The number of hydrogen-bond donors (Lipinski definition) is 2. The Morgan fingerprint density at radius 3 is 2.58 bits per heavy atom. The largest absolute Gasteiger partial charge is 0.444 e. The van der Waals surface area contributed by atoms with E-state index < -0.39 is 11.7 Å². The van der Waals surface area contributed by atoms with Crippen LogP contribution in [0.25, 0.3) is 0 Å². The van der Waals surface area contributed by atoms with Gasteiger partial charge in [0.1, 0.15) is 5.60 Å². The highest BCUT2D eigenvalue weighted by atomic mass is 16.6. The Morgan fingerprint density at radius 1 is 1.32 bits per heavy atom. The van der Waals surface area contributed by atoms with Crippen molar-refractivity contribution < 1.29 is 14.4 Å². The number of nitrogens with one attached hydrogen (secondary N) is 2. The fraction of sp³-hybridized carbons (Fsp3) is 0.500. The zero-order valence-electron chi connectivity index (χ0n) is 12.2. The Morgan fingerprint density at radius 2 is 2.00 bits per heavy atom. The van der Waals surface area contributed by atoms with Crippen molar-refractivity contribution in [2.75, 3.05) is 12.4 Å². The highest BCUT2D eigenvalue weighted by molar-refractivity contribution is 5.86. The lowest BCUT2D eigenvalue weighted by Crippen LogP contribution is -2.27. The van der Waals surface area contributed by atoms with Crippen LogP contribution >= 0.6 is 0 Å². The van der Waals surface area contributed by atoms with Crippen molar-refractivity contribution in [2.24, 2.45) is 0 Å². The van der Waals surface area contributed by atoms with Crippen LogP contribution in [0.4, 0.5) is 10.5 Å². The maximum atomic E-state index is 11.7. The topological polar surface area (TPSA) is 59.6 Å². The maximum Gasteiger partial charge on any atom is 0.412 e. The summed E-state index contributed by atoms with van der Waals surface area (Å²) < 4.78 is 5.23. The Kier molecular flexibility index (Phi) is 5.32. The van der Waals surface area contributed by atoms with Gasteiger partial charge in [0, 0.05) is 12.2 Å². The minimum Gasteiger partial charge on any atom is -0.444 e. The van der Waals surface area contributed by atoms with Crippen molar-refractivity contribution in [2.45, 2.75) is 39.8 Å². The molecule has 0 heterocycles. The van der Waals surface area contributed by atoms with Crippen molar-refractivity contribution in [1.29, 1.82) is 0 Å². The van der Waals surface area contributed by atoms with Crippen molar-refractivity contribution in [1.82, 2.24) is 5.48 Å². The van der Waals surface area contributed by atoms with E-state index in [0.29, 0.717) is 6.54 Å². The smallest absolute Gasteiger partial charge is 0.412 e. The summed E-state index contributed by atoms with van der Waals surface area (Å²) in [6.45, 7) is 8.00. The molecule has 1 rings (SSSR count). The highest BCUT2D eigenvalue weighted by Gasteiger charge is 2.16. The molecule has 0 bridgehead atoms. The van der Waals surface area contributed by atoms with E-state index in [1.54, 1.807) is 7.11 Å². The summed E-state index contributed by atoms with van der Waals surface area (Å²) in [5, 5.41) is 2.75. The van der Waals surface area contributed by atoms with Crippen LogP contribution in [-0.2, 0) is 16.1 Å². The minimum absolute atomic E-state index is 0.451. The first-order valence-corrected chi connectivity index (χ1v) is 6.17. The summed E-state index contributed by atoms with van der Waals surface area (Å²) in [6, 6.07) is 5.81. The second-order valence-corrected chi connectivity index (χ2v) is 5.30. The van der Waals surface area contributed by atoms with Gasteiger partial charge < -0.3 is 9.57 Å². The van der Waals surface area contributed by atoms with Crippen molar-refractivity contribution in [3.63, 3.8) is 0 Å². The lowest BCUT2D eigenvalue weighted by atomic mass is 10.1. The minimum atomic E-state index is -0.507. The van der Waals surface area contributed by atoms with Crippen LogP contribution in [-0.4, -0.2) is 18.8 Å². The molecular formula is C14H22N2O3. The molecule has 19 heavy (non-hydrogen) atoms. The Labute approximate surface area is 114 Å². The zero-order valence-corrected chi connectivity index (χ0v) is 12.2. The second kappa shape index (κ2) is 6.54. The predicted octanol–water partition coefficient (Wildman–Crippen LogP) is 2.99. The first-order valence-electron chi connectivity index (χ1n) is 6.17. The number of ether oxygens (including phenoxy) is 1. The van der Waals surface area contributed by atoms with Gasteiger partial charge in [-0.2, -0.15) is 5.48 Å². The van der Waals surface area contributed by atoms with Gasteiger partial charge in [-0.05, 0) is 44.9 Å². The molecule has 0 unspecified atom stereocenters. The molecule has 106 valence electrons. The highest BCUT2D eigenvalue weighted by Crippen LogP contribution is 2.18. The Balaban J connectivity index is 2.73. The Hall–Kier alpha value is -1.59. The molecule has 0 atom stereocenters. The van der Waals surface area contributed by atoms with E-state index >= 15 is 0 Å². The van der Waals surface area contributed by atoms with Gasteiger partial charge in [-0.3, -0.25) is 5.32 Å². The number of amides is 1. The number of carbonyl (C=O) groups is 1. The van der Waals surface area contributed by atoms with E-state index in [-0.39, 0.29) is 0 Å². The van der Waals surface area contributed by atoms with Gasteiger partial charge in [-0.25, -0.2) is 4.79 Å². The third kappa shape index (κ3) is 5.72. The van der Waals surface area contributed by atoms with Gasteiger partial charge in [0.05, 0.1) is 7.11 Å². The molecule has 0 saturated heterocycles. The molecule has 0 spiro atoms. The van der Waals surface area contributed by atoms with Gasteiger partial charge in [0.15, 0.2) is 0 Å². The summed E-state index contributed by atoms with van der Waals surface area (Å²) >= 11 is 0. The Bertz CT molecular complexity index is 439. The molecule has 0 aromatic heterocycles. The fourth-order valence-corrected chi connectivity index (χ4v) is 1.48. The van der Waals surface area contributed by atoms with Crippen molar-refractivity contribution in [3.05, 3.63) is 29.3 Å². The van der Waals surface area contributed by atoms with Crippen LogP contribution in [0.3, 0.4) is 0 Å². The molecule has 0 fully saturated rings. The molecule has 1 aromatic carbocycles. The number of hydrogen-bond acceptors (Lipinski definition) is 4. The van der Waals surface area contributed by atoms with Gasteiger partial charge in [0.25, 0.3) is 0 Å². The van der Waals surface area contributed by atoms with Crippen molar-refractivity contribution >= 4 is 11.8 Å².